The third-order valence-corrected chi connectivity index (χ3v) is 5.68. The number of rotatable bonds is 10. The van der Waals surface area contributed by atoms with Crippen LogP contribution in [0.3, 0.4) is 0 Å². The first kappa shape index (κ1) is 25.6. The SMILES string of the molecule is COc1cc(/C=N/NC(=O)C(NC(=O)c2ccc3c(c2)OCO3)C(C)C)ccc1OCc1ccccc1. The number of hydrazone groups is 1. The van der Waals surface area contributed by atoms with Crippen molar-refractivity contribution in [2.24, 2.45) is 11.0 Å². The van der Waals surface area contributed by atoms with Crippen molar-refractivity contribution in [2.45, 2.75) is 26.5 Å². The summed E-state index contributed by atoms with van der Waals surface area (Å²) in [4.78, 5) is 25.6. The number of nitrogens with one attached hydrogen (secondary N) is 2. The van der Waals surface area contributed by atoms with E-state index in [4.69, 9.17) is 18.9 Å². The molecule has 0 saturated carbocycles. The minimum Gasteiger partial charge on any atom is -0.493 e. The molecule has 192 valence electrons. The zero-order valence-corrected chi connectivity index (χ0v) is 20.9. The van der Waals surface area contributed by atoms with Crippen molar-refractivity contribution in [1.29, 1.82) is 0 Å². The van der Waals surface area contributed by atoms with Crippen LogP contribution < -0.4 is 29.7 Å². The molecule has 9 heteroatoms. The number of benzene rings is 3. The van der Waals surface area contributed by atoms with Gasteiger partial charge in [0.1, 0.15) is 12.6 Å². The highest BCUT2D eigenvalue weighted by Crippen LogP contribution is 2.32. The molecule has 0 bridgehead atoms. The zero-order chi connectivity index (χ0) is 26.2. The first-order valence-electron chi connectivity index (χ1n) is 11.8. The maximum absolute atomic E-state index is 12.8. The molecule has 2 amide bonds. The number of methoxy groups -OCH3 is 1. The van der Waals surface area contributed by atoms with Gasteiger partial charge in [-0.15, -0.1) is 0 Å². The smallest absolute Gasteiger partial charge is 0.262 e. The maximum atomic E-state index is 12.8. The quantitative estimate of drug-likeness (QED) is 0.321. The molecular weight excluding hydrogens is 474 g/mol. The Labute approximate surface area is 215 Å². The van der Waals surface area contributed by atoms with Crippen LogP contribution >= 0.6 is 0 Å². The summed E-state index contributed by atoms with van der Waals surface area (Å²) in [6.07, 6.45) is 1.50. The summed E-state index contributed by atoms with van der Waals surface area (Å²) < 4.78 is 21.9. The normalized spacial score (nSPS) is 12.9. The van der Waals surface area contributed by atoms with Crippen LogP contribution in [0.15, 0.2) is 71.8 Å². The van der Waals surface area contributed by atoms with E-state index >= 15 is 0 Å². The van der Waals surface area contributed by atoms with Gasteiger partial charge in [-0.25, -0.2) is 5.43 Å². The minimum absolute atomic E-state index is 0.116. The number of hydrogen-bond donors (Lipinski definition) is 2. The van der Waals surface area contributed by atoms with Crippen LogP contribution in [-0.4, -0.2) is 38.0 Å². The van der Waals surface area contributed by atoms with E-state index in [2.05, 4.69) is 15.8 Å². The molecule has 0 saturated heterocycles. The van der Waals surface area contributed by atoms with Gasteiger partial charge in [-0.05, 0) is 53.4 Å². The van der Waals surface area contributed by atoms with Gasteiger partial charge in [-0.1, -0.05) is 44.2 Å². The Hall–Kier alpha value is -4.53. The molecule has 0 radical (unpaired) electrons. The third kappa shape index (κ3) is 6.58. The topological polar surface area (TPSA) is 107 Å². The van der Waals surface area contributed by atoms with Crippen LogP contribution in [0.25, 0.3) is 0 Å². The van der Waals surface area contributed by atoms with E-state index in [1.165, 1.54) is 6.21 Å². The van der Waals surface area contributed by atoms with Crippen molar-refractivity contribution in [3.63, 3.8) is 0 Å². The highest BCUT2D eigenvalue weighted by atomic mass is 16.7. The third-order valence-electron chi connectivity index (χ3n) is 5.68. The number of fused-ring (bicyclic) bond motifs is 1. The Kier molecular flexibility index (Phi) is 8.25. The van der Waals surface area contributed by atoms with E-state index in [0.29, 0.717) is 40.7 Å². The van der Waals surface area contributed by atoms with Gasteiger partial charge >= 0.3 is 0 Å². The van der Waals surface area contributed by atoms with Crippen LogP contribution in [0, 0.1) is 5.92 Å². The van der Waals surface area contributed by atoms with Gasteiger partial charge in [-0.3, -0.25) is 9.59 Å². The Bertz CT molecular complexity index is 1280. The van der Waals surface area contributed by atoms with Crippen molar-refractivity contribution >= 4 is 18.0 Å². The van der Waals surface area contributed by atoms with Gasteiger partial charge in [0.05, 0.1) is 13.3 Å². The van der Waals surface area contributed by atoms with Gasteiger partial charge in [0, 0.05) is 5.56 Å². The molecule has 37 heavy (non-hydrogen) atoms. The standard InChI is InChI=1S/C28H29N3O6/c1-18(2)26(30-27(32)21-10-12-23-25(14-21)37-17-36-23)28(33)31-29-15-20-9-11-22(24(13-20)34-3)35-16-19-7-5-4-6-8-19/h4-15,18,26H,16-17H2,1-3H3,(H,30,32)(H,31,33)/b29-15+. The molecule has 0 spiro atoms. The lowest BCUT2D eigenvalue weighted by Gasteiger charge is -2.20. The summed E-state index contributed by atoms with van der Waals surface area (Å²) in [7, 11) is 1.56. The van der Waals surface area contributed by atoms with Crippen LogP contribution in [-0.2, 0) is 11.4 Å². The fraction of sp³-hybridized carbons (Fsp3) is 0.250. The lowest BCUT2D eigenvalue weighted by molar-refractivity contribution is -0.123. The fourth-order valence-electron chi connectivity index (χ4n) is 3.66. The zero-order valence-electron chi connectivity index (χ0n) is 20.9. The largest absolute Gasteiger partial charge is 0.493 e. The van der Waals surface area contributed by atoms with Crippen LogP contribution in [0.2, 0.25) is 0 Å². The molecule has 1 unspecified atom stereocenters. The molecular formula is C28H29N3O6. The van der Waals surface area contributed by atoms with Gasteiger partial charge < -0.3 is 24.3 Å². The fourth-order valence-corrected chi connectivity index (χ4v) is 3.66. The average molecular weight is 504 g/mol. The predicted octanol–water partition coefficient (Wildman–Crippen LogP) is 3.91. The van der Waals surface area contributed by atoms with Crippen molar-refractivity contribution < 1.29 is 28.5 Å². The summed E-state index contributed by atoms with van der Waals surface area (Å²) in [6, 6.07) is 19.3. The molecule has 0 fully saturated rings. The molecule has 3 aromatic rings. The molecule has 0 aliphatic carbocycles. The summed E-state index contributed by atoms with van der Waals surface area (Å²) >= 11 is 0. The summed E-state index contributed by atoms with van der Waals surface area (Å²) in [5, 5.41) is 6.83. The number of amides is 2. The van der Waals surface area contributed by atoms with Crippen LogP contribution in [0.4, 0.5) is 0 Å². The number of hydrogen-bond acceptors (Lipinski definition) is 7. The monoisotopic (exact) mass is 503 g/mol. The van der Waals surface area contributed by atoms with Crippen molar-refractivity contribution in [1.82, 2.24) is 10.7 Å². The van der Waals surface area contributed by atoms with Crippen LogP contribution in [0.1, 0.15) is 35.3 Å². The first-order chi connectivity index (χ1) is 17.9. The van der Waals surface area contributed by atoms with Gasteiger partial charge in [0.15, 0.2) is 23.0 Å². The molecule has 3 aromatic carbocycles. The first-order valence-corrected chi connectivity index (χ1v) is 11.8. The Morgan fingerprint density at radius 2 is 1.78 bits per heavy atom. The van der Waals surface area contributed by atoms with Crippen molar-refractivity contribution in [3.05, 3.63) is 83.4 Å². The Balaban J connectivity index is 1.35. The van der Waals surface area contributed by atoms with Gasteiger partial charge in [-0.2, -0.15) is 5.10 Å². The van der Waals surface area contributed by atoms with E-state index in [-0.39, 0.29) is 12.7 Å². The summed E-state index contributed by atoms with van der Waals surface area (Å²) in [6.45, 7) is 4.21. The molecule has 4 rings (SSSR count). The van der Waals surface area contributed by atoms with Gasteiger partial charge in [0.25, 0.3) is 11.8 Å². The molecule has 2 N–H and O–H groups in total. The molecule has 1 aliphatic rings. The second-order valence-electron chi connectivity index (χ2n) is 8.68. The average Bonchev–Trinajstić information content (AvgIpc) is 3.39. The van der Waals surface area contributed by atoms with Crippen LogP contribution in [0.5, 0.6) is 23.0 Å². The Morgan fingerprint density at radius 1 is 1.00 bits per heavy atom. The van der Waals surface area contributed by atoms with E-state index in [0.717, 1.165) is 5.56 Å². The van der Waals surface area contributed by atoms with Crippen molar-refractivity contribution in [2.75, 3.05) is 13.9 Å². The highest BCUT2D eigenvalue weighted by molar-refractivity contribution is 5.98. The Morgan fingerprint density at radius 3 is 2.54 bits per heavy atom. The summed E-state index contributed by atoms with van der Waals surface area (Å²) in [5.41, 5.74) is 4.63. The predicted molar refractivity (Wildman–Crippen MR) is 138 cm³/mol. The lowest BCUT2D eigenvalue weighted by Crippen LogP contribution is -2.48. The number of nitrogens with zero attached hydrogens (tertiary/aromatic N) is 1. The molecule has 9 nitrogen and oxygen atoms in total. The molecule has 1 aliphatic heterocycles. The molecule has 1 atom stereocenters. The molecule has 0 aromatic heterocycles. The lowest BCUT2D eigenvalue weighted by atomic mass is 10.0. The van der Waals surface area contributed by atoms with E-state index < -0.39 is 17.9 Å². The van der Waals surface area contributed by atoms with Crippen molar-refractivity contribution in [3.8, 4) is 23.0 Å². The van der Waals surface area contributed by atoms with Gasteiger partial charge in [0.2, 0.25) is 6.79 Å². The second-order valence-corrected chi connectivity index (χ2v) is 8.68. The maximum Gasteiger partial charge on any atom is 0.262 e. The summed E-state index contributed by atoms with van der Waals surface area (Å²) in [5.74, 6) is 1.21. The number of ether oxygens (including phenoxy) is 4. The highest BCUT2D eigenvalue weighted by Gasteiger charge is 2.25. The molecule has 1 heterocycles. The number of carbonyl (C=O) groups is 2. The number of carbonyl (C=O) groups excluding carboxylic acids is 2. The minimum atomic E-state index is -0.793. The van der Waals surface area contributed by atoms with E-state index in [9.17, 15) is 9.59 Å². The second kappa shape index (κ2) is 11.9. The van der Waals surface area contributed by atoms with E-state index in [1.807, 2.05) is 44.2 Å². The van der Waals surface area contributed by atoms with E-state index in [1.54, 1.807) is 43.5 Å².